The Hall–Kier alpha value is -3.72. The summed E-state index contributed by atoms with van der Waals surface area (Å²) in [5, 5.41) is 23.6. The van der Waals surface area contributed by atoms with Crippen LogP contribution >= 0.6 is 0 Å². The number of allylic oxidation sites excluding steroid dienone is 2. The lowest BCUT2D eigenvalue weighted by Crippen LogP contribution is -2.54. The van der Waals surface area contributed by atoms with E-state index < -0.39 is 17.1 Å². The standard InChI is InChI=1S/C39H47N3O5/c1-26-7-5-18-38(2)32(30-14-12-27(23-29(43)13-11-26)24-31(30)36(44)35-10-6-22-47-35)15-19-39(38,46)25-41-20-16-28(17-21-41)42-34-9-4-3-8-33(34)40-37(42)45/h3-4,6-10,12,14,22,24,28-29,32,43,46H,5,11,13,15-21,23,25H2,1-2H3,(H,40,45)/t29-,32-,38-,39+/m0/s1. The molecule has 1 saturated heterocycles. The Balaban J connectivity index is 1.19. The summed E-state index contributed by atoms with van der Waals surface area (Å²) in [5.41, 5.74) is 4.08. The maximum absolute atomic E-state index is 13.9. The van der Waals surface area contributed by atoms with Crippen LogP contribution in [0.3, 0.4) is 0 Å². The molecule has 47 heavy (non-hydrogen) atoms. The van der Waals surface area contributed by atoms with Crippen LogP contribution in [0, 0.1) is 5.41 Å². The van der Waals surface area contributed by atoms with Gasteiger partial charge in [0.15, 0.2) is 5.76 Å². The van der Waals surface area contributed by atoms with Gasteiger partial charge in [-0.3, -0.25) is 9.36 Å². The van der Waals surface area contributed by atoms with Crippen molar-refractivity contribution < 1.29 is 19.4 Å². The molecule has 2 aromatic carbocycles. The highest BCUT2D eigenvalue weighted by atomic mass is 16.3. The first kappa shape index (κ1) is 31.9. The topological polar surface area (TPSA) is 112 Å². The number of nitrogens with one attached hydrogen (secondary N) is 1. The van der Waals surface area contributed by atoms with E-state index >= 15 is 0 Å². The van der Waals surface area contributed by atoms with Crippen molar-refractivity contribution in [2.75, 3.05) is 19.6 Å². The summed E-state index contributed by atoms with van der Waals surface area (Å²) in [4.78, 5) is 32.2. The molecule has 0 unspecified atom stereocenters. The van der Waals surface area contributed by atoms with Gasteiger partial charge in [0, 0.05) is 36.7 Å². The molecule has 4 aliphatic rings. The fourth-order valence-electron chi connectivity index (χ4n) is 8.88. The van der Waals surface area contributed by atoms with Gasteiger partial charge in [-0.1, -0.05) is 42.8 Å². The summed E-state index contributed by atoms with van der Waals surface area (Å²) in [6.07, 6.45) is 9.99. The zero-order chi connectivity index (χ0) is 32.8. The second-order valence-corrected chi connectivity index (χ2v) is 14.6. The predicted molar refractivity (Wildman–Crippen MR) is 183 cm³/mol. The molecular weight excluding hydrogens is 590 g/mol. The normalized spacial score (nSPS) is 27.9. The number of aromatic nitrogens is 2. The monoisotopic (exact) mass is 637 g/mol. The Morgan fingerprint density at radius 3 is 2.64 bits per heavy atom. The molecule has 2 aromatic heterocycles. The molecule has 2 fully saturated rings. The molecule has 8 nitrogen and oxygen atoms in total. The van der Waals surface area contributed by atoms with Crippen molar-refractivity contribution in [3.8, 4) is 0 Å². The SMILES string of the molecule is CC1=CCC[C@@]2(C)[C@@H](CC[C@@]2(O)CN2CCC(n3c(=O)[nH]c4ccccc43)CC2)c2ccc(cc2C(=O)c2ccco2)C[C@@H](O)CC1. The molecule has 0 amide bonds. The van der Waals surface area contributed by atoms with Crippen LogP contribution in [0.15, 0.2) is 81.7 Å². The Bertz CT molecular complexity index is 1830. The van der Waals surface area contributed by atoms with Gasteiger partial charge in [-0.2, -0.15) is 0 Å². The van der Waals surface area contributed by atoms with E-state index in [9.17, 15) is 19.8 Å². The zero-order valence-corrected chi connectivity index (χ0v) is 27.6. The minimum absolute atomic E-state index is 0.0284. The number of furan rings is 1. The lowest BCUT2D eigenvalue weighted by Gasteiger charge is -2.47. The highest BCUT2D eigenvalue weighted by Crippen LogP contribution is 2.59. The van der Waals surface area contributed by atoms with Crippen LogP contribution in [-0.2, 0) is 6.42 Å². The number of H-pyrrole nitrogens is 1. The Labute approximate surface area is 276 Å². The Morgan fingerprint density at radius 1 is 1.04 bits per heavy atom. The number of aliphatic hydroxyl groups excluding tert-OH is 1. The van der Waals surface area contributed by atoms with Gasteiger partial charge in [-0.05, 0) is 112 Å². The number of para-hydroxylation sites is 2. The smallest absolute Gasteiger partial charge is 0.326 e. The number of piperidine rings is 1. The third-order valence-corrected chi connectivity index (χ3v) is 11.7. The minimum atomic E-state index is -0.958. The summed E-state index contributed by atoms with van der Waals surface area (Å²) in [5.74, 6) is 0.117. The van der Waals surface area contributed by atoms with Gasteiger partial charge in [-0.15, -0.1) is 0 Å². The van der Waals surface area contributed by atoms with Crippen LogP contribution in [0.2, 0.25) is 0 Å². The van der Waals surface area contributed by atoms with Crippen LogP contribution < -0.4 is 5.69 Å². The van der Waals surface area contributed by atoms with E-state index in [0.29, 0.717) is 37.1 Å². The number of fused-ring (bicyclic) bond motifs is 9. The van der Waals surface area contributed by atoms with Crippen LogP contribution in [0.4, 0.5) is 0 Å². The molecule has 0 spiro atoms. The van der Waals surface area contributed by atoms with Crippen LogP contribution in [0.5, 0.6) is 0 Å². The molecule has 8 rings (SSSR count). The van der Waals surface area contributed by atoms with E-state index in [1.54, 1.807) is 12.1 Å². The third-order valence-electron chi connectivity index (χ3n) is 11.7. The number of aromatic amines is 1. The fraction of sp³-hybridized carbons (Fsp3) is 0.487. The van der Waals surface area contributed by atoms with Gasteiger partial charge in [0.2, 0.25) is 5.78 Å². The second-order valence-electron chi connectivity index (χ2n) is 14.6. The first-order chi connectivity index (χ1) is 22.6. The molecule has 1 saturated carbocycles. The molecule has 4 aromatic rings. The van der Waals surface area contributed by atoms with Crippen molar-refractivity contribution in [1.29, 1.82) is 0 Å². The lowest BCUT2D eigenvalue weighted by molar-refractivity contribution is -0.0870. The molecule has 3 heterocycles. The number of hydrogen-bond donors (Lipinski definition) is 3. The largest absolute Gasteiger partial charge is 0.461 e. The van der Waals surface area contributed by atoms with Crippen LogP contribution in [-0.4, -0.2) is 61.8 Å². The molecule has 8 heteroatoms. The number of ketones is 1. The average molecular weight is 638 g/mol. The number of aliphatic hydroxyl groups is 2. The highest BCUT2D eigenvalue weighted by molar-refractivity contribution is 6.08. The second kappa shape index (κ2) is 12.7. The fourth-order valence-corrected chi connectivity index (χ4v) is 8.88. The number of hydrogen-bond acceptors (Lipinski definition) is 6. The van der Waals surface area contributed by atoms with E-state index in [2.05, 4.69) is 41.9 Å². The van der Waals surface area contributed by atoms with E-state index in [1.165, 1.54) is 11.8 Å². The number of likely N-dealkylation sites (tertiary alicyclic amines) is 1. The molecule has 3 aliphatic carbocycles. The van der Waals surface area contributed by atoms with E-state index in [1.807, 2.05) is 34.9 Å². The Morgan fingerprint density at radius 2 is 1.85 bits per heavy atom. The lowest BCUT2D eigenvalue weighted by atomic mass is 9.64. The molecule has 3 N–H and O–H groups in total. The van der Waals surface area contributed by atoms with Crippen molar-refractivity contribution in [1.82, 2.24) is 14.5 Å². The van der Waals surface area contributed by atoms with Crippen molar-refractivity contribution in [3.05, 3.63) is 105 Å². The first-order valence-corrected chi connectivity index (χ1v) is 17.3. The third kappa shape index (κ3) is 5.96. The van der Waals surface area contributed by atoms with Crippen LogP contribution in [0.25, 0.3) is 11.0 Å². The van der Waals surface area contributed by atoms with Crippen LogP contribution in [0.1, 0.15) is 104 Å². The molecule has 1 aliphatic heterocycles. The van der Waals surface area contributed by atoms with E-state index in [0.717, 1.165) is 73.8 Å². The molecule has 248 valence electrons. The molecule has 0 radical (unpaired) electrons. The highest BCUT2D eigenvalue weighted by Gasteiger charge is 2.57. The number of carbonyl (C=O) groups is 1. The van der Waals surface area contributed by atoms with E-state index in [-0.39, 0.29) is 23.4 Å². The number of β-amino-alcohol motifs (C(OH)–C–C–N with tert-alkyl or cyclic N) is 1. The number of imidazole rings is 1. The van der Waals surface area contributed by atoms with Crippen molar-refractivity contribution in [3.63, 3.8) is 0 Å². The van der Waals surface area contributed by atoms with E-state index in [4.69, 9.17) is 4.42 Å². The maximum atomic E-state index is 13.9. The first-order valence-electron chi connectivity index (χ1n) is 17.3. The average Bonchev–Trinajstić information content (AvgIpc) is 3.77. The summed E-state index contributed by atoms with van der Waals surface area (Å²) in [6, 6.07) is 17.5. The number of nitrogens with zero attached hydrogens (tertiary/aromatic N) is 2. The number of rotatable bonds is 5. The summed E-state index contributed by atoms with van der Waals surface area (Å²) < 4.78 is 7.49. The summed E-state index contributed by atoms with van der Waals surface area (Å²) in [6.45, 7) is 6.53. The zero-order valence-electron chi connectivity index (χ0n) is 27.6. The Kier molecular flexibility index (Phi) is 8.62. The van der Waals surface area contributed by atoms with Gasteiger partial charge in [-0.25, -0.2) is 4.79 Å². The predicted octanol–water partition coefficient (Wildman–Crippen LogP) is 6.53. The quantitative estimate of drug-likeness (QED) is 0.170. The van der Waals surface area contributed by atoms with Gasteiger partial charge >= 0.3 is 5.69 Å². The van der Waals surface area contributed by atoms with Gasteiger partial charge in [0.1, 0.15) is 0 Å². The minimum Gasteiger partial charge on any atom is -0.461 e. The number of carbonyl (C=O) groups excluding carboxylic acids is 1. The molecule has 4 atom stereocenters. The van der Waals surface area contributed by atoms with Crippen molar-refractivity contribution >= 4 is 16.8 Å². The van der Waals surface area contributed by atoms with Gasteiger partial charge in [0.05, 0.1) is 29.0 Å². The van der Waals surface area contributed by atoms with Crippen molar-refractivity contribution in [2.45, 2.75) is 95.3 Å². The summed E-state index contributed by atoms with van der Waals surface area (Å²) >= 11 is 0. The van der Waals surface area contributed by atoms with Crippen molar-refractivity contribution in [2.24, 2.45) is 5.41 Å². The summed E-state index contributed by atoms with van der Waals surface area (Å²) in [7, 11) is 0. The molecule has 2 bridgehead atoms. The van der Waals surface area contributed by atoms with Gasteiger partial charge < -0.3 is 24.5 Å². The molecular formula is C39H47N3O5. The number of benzene rings is 2. The van der Waals surface area contributed by atoms with Gasteiger partial charge in [0.25, 0.3) is 0 Å². The maximum Gasteiger partial charge on any atom is 0.326 e.